The fourth-order valence-corrected chi connectivity index (χ4v) is 1.75. The van der Waals surface area contributed by atoms with Gasteiger partial charge in [0.2, 0.25) is 0 Å². The maximum atomic E-state index is 5.50. The van der Waals surface area contributed by atoms with Gasteiger partial charge in [-0.15, -0.1) is 6.58 Å². The van der Waals surface area contributed by atoms with Crippen LogP contribution in [0.5, 0.6) is 11.5 Å². The summed E-state index contributed by atoms with van der Waals surface area (Å²) >= 11 is 0. The fraction of sp³-hybridized carbons (Fsp3) is 0.333. The van der Waals surface area contributed by atoms with E-state index in [2.05, 4.69) is 18.7 Å². The van der Waals surface area contributed by atoms with E-state index in [1.54, 1.807) is 7.11 Å². The molecule has 0 amide bonds. The van der Waals surface area contributed by atoms with Gasteiger partial charge in [0.1, 0.15) is 11.5 Å². The molecule has 1 aromatic carbocycles. The lowest BCUT2D eigenvalue weighted by molar-refractivity contribution is 0.356. The Balaban J connectivity index is 2.43. The van der Waals surface area contributed by atoms with Crippen molar-refractivity contribution in [2.24, 2.45) is 0 Å². The van der Waals surface area contributed by atoms with E-state index >= 15 is 0 Å². The van der Waals surface area contributed by atoms with Crippen molar-refractivity contribution in [2.45, 2.75) is 12.8 Å². The van der Waals surface area contributed by atoms with Crippen LogP contribution in [-0.4, -0.2) is 13.7 Å². The normalized spacial score (nSPS) is 13.2. The molecule has 0 bridgehead atoms. The molecular weight excluding hydrogens is 176 g/mol. The Labute approximate surface area is 84.2 Å². The summed E-state index contributed by atoms with van der Waals surface area (Å²) in [7, 11) is 1.70. The van der Waals surface area contributed by atoms with Crippen LogP contribution in [0, 0.1) is 0 Å². The van der Waals surface area contributed by atoms with Crippen LogP contribution in [0.3, 0.4) is 0 Å². The number of methoxy groups -OCH3 is 1. The highest BCUT2D eigenvalue weighted by molar-refractivity contribution is 5.48. The molecule has 0 spiro atoms. The molecule has 0 aromatic heterocycles. The van der Waals surface area contributed by atoms with E-state index in [4.69, 9.17) is 9.47 Å². The van der Waals surface area contributed by atoms with E-state index in [-0.39, 0.29) is 0 Å². The summed E-state index contributed by atoms with van der Waals surface area (Å²) in [6, 6.07) is 4.13. The van der Waals surface area contributed by atoms with Gasteiger partial charge < -0.3 is 9.47 Å². The topological polar surface area (TPSA) is 18.5 Å². The Morgan fingerprint density at radius 1 is 1.57 bits per heavy atom. The molecule has 0 fully saturated rings. The third-order valence-electron chi connectivity index (χ3n) is 2.46. The molecule has 1 aliphatic rings. The largest absolute Gasteiger partial charge is 0.496 e. The molecule has 0 radical (unpaired) electrons. The van der Waals surface area contributed by atoms with Crippen molar-refractivity contribution in [3.8, 4) is 11.5 Å². The monoisotopic (exact) mass is 190 g/mol. The maximum Gasteiger partial charge on any atom is 0.123 e. The highest BCUT2D eigenvalue weighted by Gasteiger charge is 2.15. The molecule has 0 N–H and O–H groups in total. The maximum absolute atomic E-state index is 5.50. The predicted octanol–water partition coefficient (Wildman–Crippen LogP) is 2.36. The van der Waals surface area contributed by atoms with Gasteiger partial charge in [-0.25, -0.2) is 0 Å². The summed E-state index contributed by atoms with van der Waals surface area (Å²) in [5.41, 5.74) is 2.39. The highest BCUT2D eigenvalue weighted by Crippen LogP contribution is 2.32. The molecule has 74 valence electrons. The van der Waals surface area contributed by atoms with Gasteiger partial charge in [-0.2, -0.15) is 0 Å². The predicted molar refractivity (Wildman–Crippen MR) is 56.1 cm³/mol. The van der Waals surface area contributed by atoms with Crippen molar-refractivity contribution < 1.29 is 9.47 Å². The second-order valence-corrected chi connectivity index (χ2v) is 3.36. The lowest BCUT2D eigenvalue weighted by Gasteiger charge is -2.08. The molecule has 0 unspecified atom stereocenters. The highest BCUT2D eigenvalue weighted by atomic mass is 16.5. The fourth-order valence-electron chi connectivity index (χ4n) is 1.75. The Morgan fingerprint density at radius 2 is 2.43 bits per heavy atom. The molecule has 1 aliphatic heterocycles. The van der Waals surface area contributed by atoms with Crippen LogP contribution in [0.15, 0.2) is 24.8 Å². The average molecular weight is 190 g/mol. The summed E-state index contributed by atoms with van der Waals surface area (Å²) in [5.74, 6) is 1.94. The quantitative estimate of drug-likeness (QED) is 0.681. The molecule has 2 heteroatoms. The van der Waals surface area contributed by atoms with Crippen LogP contribution in [0.25, 0.3) is 0 Å². The van der Waals surface area contributed by atoms with Gasteiger partial charge in [0.25, 0.3) is 0 Å². The van der Waals surface area contributed by atoms with Crippen LogP contribution in [-0.2, 0) is 12.8 Å². The number of fused-ring (bicyclic) bond motifs is 1. The number of hydrogen-bond donors (Lipinski definition) is 0. The molecule has 14 heavy (non-hydrogen) atoms. The SMILES string of the molecule is C=CCc1cc2c(cc1OC)CCO2. The first kappa shape index (κ1) is 9.13. The van der Waals surface area contributed by atoms with E-state index in [1.165, 1.54) is 5.56 Å². The van der Waals surface area contributed by atoms with Crippen LogP contribution >= 0.6 is 0 Å². The van der Waals surface area contributed by atoms with Gasteiger partial charge in [-0.3, -0.25) is 0 Å². The first-order valence-electron chi connectivity index (χ1n) is 4.78. The Hall–Kier alpha value is -1.44. The summed E-state index contributed by atoms with van der Waals surface area (Å²) in [4.78, 5) is 0. The summed E-state index contributed by atoms with van der Waals surface area (Å²) in [5, 5.41) is 0. The minimum atomic E-state index is 0.788. The second kappa shape index (κ2) is 3.74. The Morgan fingerprint density at radius 3 is 3.14 bits per heavy atom. The molecule has 2 rings (SSSR count). The average Bonchev–Trinajstić information content (AvgIpc) is 2.64. The number of hydrogen-bond acceptors (Lipinski definition) is 2. The molecule has 1 heterocycles. The number of allylic oxidation sites excluding steroid dienone is 1. The Bertz CT molecular complexity index is 356. The van der Waals surface area contributed by atoms with Gasteiger partial charge in [-0.1, -0.05) is 6.08 Å². The van der Waals surface area contributed by atoms with Crippen LogP contribution in [0.2, 0.25) is 0 Å². The zero-order valence-corrected chi connectivity index (χ0v) is 8.38. The first-order chi connectivity index (χ1) is 6.85. The van der Waals surface area contributed by atoms with Crippen LogP contribution in [0.1, 0.15) is 11.1 Å². The molecular formula is C12H14O2. The minimum Gasteiger partial charge on any atom is -0.496 e. The number of benzene rings is 1. The second-order valence-electron chi connectivity index (χ2n) is 3.36. The third-order valence-corrected chi connectivity index (χ3v) is 2.46. The molecule has 0 saturated heterocycles. The number of ether oxygens (including phenoxy) is 2. The van der Waals surface area contributed by atoms with E-state index in [0.29, 0.717) is 0 Å². The van der Waals surface area contributed by atoms with Gasteiger partial charge in [-0.05, 0) is 18.6 Å². The van der Waals surface area contributed by atoms with Gasteiger partial charge in [0, 0.05) is 17.5 Å². The van der Waals surface area contributed by atoms with Crippen LogP contribution in [0.4, 0.5) is 0 Å². The van der Waals surface area contributed by atoms with E-state index < -0.39 is 0 Å². The van der Waals surface area contributed by atoms with Gasteiger partial charge in [0.05, 0.1) is 13.7 Å². The van der Waals surface area contributed by atoms with Gasteiger partial charge >= 0.3 is 0 Å². The van der Waals surface area contributed by atoms with Crippen molar-refractivity contribution in [3.05, 3.63) is 35.9 Å². The standard InChI is InChI=1S/C12H14O2/c1-3-4-9-8-12-10(5-6-14-12)7-11(9)13-2/h3,7-8H,1,4-6H2,2H3. The zero-order valence-electron chi connectivity index (χ0n) is 8.38. The molecule has 0 aliphatic carbocycles. The summed E-state index contributed by atoms with van der Waals surface area (Å²) in [6.07, 6.45) is 3.68. The lowest BCUT2D eigenvalue weighted by atomic mass is 10.1. The molecule has 2 nitrogen and oxygen atoms in total. The van der Waals surface area contributed by atoms with Gasteiger partial charge in [0.15, 0.2) is 0 Å². The van der Waals surface area contributed by atoms with E-state index in [1.807, 2.05) is 6.08 Å². The first-order valence-corrected chi connectivity index (χ1v) is 4.78. The van der Waals surface area contributed by atoms with Crippen molar-refractivity contribution >= 4 is 0 Å². The zero-order chi connectivity index (χ0) is 9.97. The molecule has 0 atom stereocenters. The van der Waals surface area contributed by atoms with E-state index in [0.717, 1.165) is 36.5 Å². The van der Waals surface area contributed by atoms with Crippen molar-refractivity contribution in [3.63, 3.8) is 0 Å². The number of rotatable bonds is 3. The minimum absolute atomic E-state index is 0.788. The lowest BCUT2D eigenvalue weighted by Crippen LogP contribution is -1.92. The van der Waals surface area contributed by atoms with Crippen LogP contribution < -0.4 is 9.47 Å². The van der Waals surface area contributed by atoms with Crippen molar-refractivity contribution in [2.75, 3.05) is 13.7 Å². The Kier molecular flexibility index (Phi) is 2.44. The smallest absolute Gasteiger partial charge is 0.123 e. The van der Waals surface area contributed by atoms with Crippen molar-refractivity contribution in [1.29, 1.82) is 0 Å². The van der Waals surface area contributed by atoms with Crippen molar-refractivity contribution in [1.82, 2.24) is 0 Å². The summed E-state index contributed by atoms with van der Waals surface area (Å²) in [6.45, 7) is 4.52. The molecule has 1 aromatic rings. The molecule has 0 saturated carbocycles. The third kappa shape index (κ3) is 1.48. The summed E-state index contributed by atoms with van der Waals surface area (Å²) < 4.78 is 10.8. The van der Waals surface area contributed by atoms with E-state index in [9.17, 15) is 0 Å².